The molecule has 0 aromatic carbocycles. The molecule has 5 atom stereocenters. The van der Waals surface area contributed by atoms with Crippen LogP contribution in [-0.4, -0.2) is 56.2 Å². The molecule has 3 aliphatic rings. The smallest absolute Gasteiger partial charge is 0.272 e. The molecule has 132 valence electrons. The molecule has 23 heavy (non-hydrogen) atoms. The van der Waals surface area contributed by atoms with Crippen LogP contribution >= 0.6 is 34.8 Å². The highest BCUT2D eigenvalue weighted by molar-refractivity contribution is 6.76. The van der Waals surface area contributed by atoms with Crippen LogP contribution in [0, 0.1) is 0 Å². The zero-order chi connectivity index (χ0) is 16.8. The lowest BCUT2D eigenvalue weighted by Crippen LogP contribution is -2.63. The number of fused-ring (bicyclic) bond motifs is 1. The molecule has 1 heterocycles. The van der Waals surface area contributed by atoms with Gasteiger partial charge in [0.15, 0.2) is 5.79 Å². The van der Waals surface area contributed by atoms with Crippen LogP contribution in [0.4, 0.5) is 0 Å². The van der Waals surface area contributed by atoms with Crippen LogP contribution in [0.25, 0.3) is 0 Å². The fourth-order valence-electron chi connectivity index (χ4n) is 3.72. The Morgan fingerprint density at radius 1 is 1.13 bits per heavy atom. The number of aliphatic hydroxyl groups is 2. The highest BCUT2D eigenvalue weighted by atomic mass is 35.6. The number of amides is 1. The average molecular weight is 389 g/mol. The third kappa shape index (κ3) is 3.59. The van der Waals surface area contributed by atoms with Crippen molar-refractivity contribution in [3.8, 4) is 0 Å². The molecule has 1 aliphatic heterocycles. The summed E-state index contributed by atoms with van der Waals surface area (Å²) in [5.41, 5.74) is 0. The minimum atomic E-state index is -2.15. The number of carbonyl (C=O) groups is 1. The molecule has 1 saturated heterocycles. The normalized spacial score (nSPS) is 40.0. The van der Waals surface area contributed by atoms with E-state index in [0.29, 0.717) is 0 Å². The summed E-state index contributed by atoms with van der Waals surface area (Å²) in [4.78, 5) is 11.9. The monoisotopic (exact) mass is 387 g/mol. The first-order valence-corrected chi connectivity index (χ1v) is 8.95. The second-order valence-electron chi connectivity index (χ2n) is 6.50. The van der Waals surface area contributed by atoms with Gasteiger partial charge in [0.25, 0.3) is 9.70 Å². The van der Waals surface area contributed by atoms with E-state index < -0.39 is 45.9 Å². The van der Waals surface area contributed by atoms with Gasteiger partial charge in [-0.1, -0.05) is 41.2 Å². The van der Waals surface area contributed by atoms with Crippen molar-refractivity contribution in [2.75, 3.05) is 0 Å². The van der Waals surface area contributed by atoms with E-state index in [-0.39, 0.29) is 6.42 Å². The second kappa shape index (κ2) is 6.48. The van der Waals surface area contributed by atoms with Crippen LogP contribution < -0.4 is 5.32 Å². The van der Waals surface area contributed by atoms with Crippen molar-refractivity contribution in [3.63, 3.8) is 0 Å². The number of alkyl halides is 3. The average Bonchev–Trinajstić information content (AvgIpc) is 2.80. The molecular formula is C14H20Cl3NO5. The minimum Gasteiger partial charge on any atom is -0.390 e. The molecule has 0 aromatic heterocycles. The lowest BCUT2D eigenvalue weighted by atomic mass is 9.85. The quantitative estimate of drug-likeness (QED) is 0.591. The van der Waals surface area contributed by atoms with Gasteiger partial charge in [0, 0.05) is 19.3 Å². The van der Waals surface area contributed by atoms with E-state index in [2.05, 4.69) is 5.32 Å². The van der Waals surface area contributed by atoms with Crippen LogP contribution in [0.15, 0.2) is 0 Å². The van der Waals surface area contributed by atoms with Crippen LogP contribution in [0.2, 0.25) is 0 Å². The number of rotatable bonds is 1. The Morgan fingerprint density at radius 3 is 2.39 bits per heavy atom. The maximum Gasteiger partial charge on any atom is 0.272 e. The highest BCUT2D eigenvalue weighted by Gasteiger charge is 2.56. The van der Waals surface area contributed by atoms with E-state index in [1.807, 2.05) is 0 Å². The Labute approximate surface area is 149 Å². The molecular weight excluding hydrogens is 369 g/mol. The van der Waals surface area contributed by atoms with Gasteiger partial charge < -0.3 is 25.0 Å². The maximum atomic E-state index is 11.9. The predicted molar refractivity (Wildman–Crippen MR) is 84.4 cm³/mol. The van der Waals surface area contributed by atoms with Crippen LogP contribution in [0.3, 0.4) is 0 Å². The SMILES string of the molecule is O=C(N[C@@H]1[C@H](O)[C@H](O)C[C@H]2OC3(CCCCC3)O[C@@H]12)C(Cl)(Cl)Cl. The first-order chi connectivity index (χ1) is 10.7. The molecule has 3 fully saturated rings. The summed E-state index contributed by atoms with van der Waals surface area (Å²) in [6, 6.07) is -0.895. The van der Waals surface area contributed by atoms with Gasteiger partial charge in [-0.3, -0.25) is 4.79 Å². The lowest BCUT2D eigenvalue weighted by Gasteiger charge is -2.39. The number of nitrogens with one attached hydrogen (secondary N) is 1. The fraction of sp³-hybridized carbons (Fsp3) is 0.929. The van der Waals surface area contributed by atoms with Gasteiger partial charge in [0.1, 0.15) is 12.2 Å². The summed E-state index contributed by atoms with van der Waals surface area (Å²) in [6.07, 6.45) is 1.64. The van der Waals surface area contributed by atoms with E-state index >= 15 is 0 Å². The van der Waals surface area contributed by atoms with Crippen LogP contribution in [0.5, 0.6) is 0 Å². The largest absolute Gasteiger partial charge is 0.390 e. The van der Waals surface area contributed by atoms with Crippen molar-refractivity contribution in [3.05, 3.63) is 0 Å². The van der Waals surface area contributed by atoms with Gasteiger partial charge in [-0.25, -0.2) is 0 Å². The van der Waals surface area contributed by atoms with E-state index in [1.54, 1.807) is 0 Å². The molecule has 3 N–H and O–H groups in total. The topological polar surface area (TPSA) is 88.0 Å². The Balaban J connectivity index is 1.78. The number of hydrogen-bond acceptors (Lipinski definition) is 5. The number of carbonyl (C=O) groups excluding carboxylic acids is 1. The zero-order valence-corrected chi connectivity index (χ0v) is 14.7. The Morgan fingerprint density at radius 2 is 1.78 bits per heavy atom. The molecule has 9 heteroatoms. The molecule has 0 aromatic rings. The summed E-state index contributed by atoms with van der Waals surface area (Å²) in [7, 11) is 0. The van der Waals surface area contributed by atoms with E-state index in [9.17, 15) is 15.0 Å². The van der Waals surface area contributed by atoms with Crippen molar-refractivity contribution < 1.29 is 24.5 Å². The van der Waals surface area contributed by atoms with Crippen LogP contribution in [0.1, 0.15) is 38.5 Å². The summed E-state index contributed by atoms with van der Waals surface area (Å²) in [5.74, 6) is -1.56. The van der Waals surface area contributed by atoms with E-state index in [4.69, 9.17) is 44.3 Å². The summed E-state index contributed by atoms with van der Waals surface area (Å²) in [6.45, 7) is 0. The fourth-order valence-corrected chi connectivity index (χ4v) is 3.88. The summed E-state index contributed by atoms with van der Waals surface area (Å²) in [5, 5.41) is 22.8. The van der Waals surface area contributed by atoms with Crippen molar-refractivity contribution in [2.24, 2.45) is 0 Å². The molecule has 3 rings (SSSR count). The maximum absolute atomic E-state index is 11.9. The highest BCUT2D eigenvalue weighted by Crippen LogP contribution is 2.45. The predicted octanol–water partition coefficient (Wildman–Crippen LogP) is 1.41. The Kier molecular flexibility index (Phi) is 5.07. The van der Waals surface area contributed by atoms with E-state index in [1.165, 1.54) is 0 Å². The van der Waals surface area contributed by atoms with Gasteiger partial charge in [-0.2, -0.15) is 0 Å². The summed E-state index contributed by atoms with van der Waals surface area (Å²) < 4.78 is 10.0. The van der Waals surface area contributed by atoms with E-state index in [0.717, 1.165) is 32.1 Å². The third-order valence-corrected chi connectivity index (χ3v) is 5.36. The first kappa shape index (κ1) is 18.0. The molecule has 1 amide bonds. The number of hydrogen-bond donors (Lipinski definition) is 3. The van der Waals surface area contributed by atoms with Crippen molar-refractivity contribution in [1.82, 2.24) is 5.32 Å². The molecule has 1 spiro atoms. The Bertz CT molecular complexity index is 466. The van der Waals surface area contributed by atoms with Crippen molar-refractivity contribution in [2.45, 2.75) is 78.6 Å². The number of halogens is 3. The second-order valence-corrected chi connectivity index (χ2v) is 8.78. The molecule has 2 saturated carbocycles. The Hall–Kier alpha value is 0.180. The number of ether oxygens (including phenoxy) is 2. The molecule has 0 bridgehead atoms. The van der Waals surface area contributed by atoms with Crippen molar-refractivity contribution in [1.29, 1.82) is 0 Å². The van der Waals surface area contributed by atoms with Gasteiger partial charge >= 0.3 is 0 Å². The minimum absolute atomic E-state index is 0.244. The molecule has 6 nitrogen and oxygen atoms in total. The van der Waals surface area contributed by atoms with Gasteiger partial charge in [0.2, 0.25) is 0 Å². The standard InChI is InChI=1S/C14H20Cl3NO5/c15-14(16,17)12(21)18-9-10(20)7(19)6-8-11(9)23-13(22-8)4-2-1-3-5-13/h7-11,19-20H,1-6H2,(H,18,21)/t7-,8-,9-,10-,11-/m1/s1. The van der Waals surface area contributed by atoms with Crippen LogP contribution in [-0.2, 0) is 14.3 Å². The first-order valence-electron chi connectivity index (χ1n) is 7.81. The molecule has 0 unspecified atom stereocenters. The molecule has 0 radical (unpaired) electrons. The van der Waals surface area contributed by atoms with Gasteiger partial charge in [-0.15, -0.1) is 0 Å². The zero-order valence-electron chi connectivity index (χ0n) is 12.4. The number of aliphatic hydroxyl groups excluding tert-OH is 2. The van der Waals surface area contributed by atoms with Gasteiger partial charge in [0.05, 0.1) is 18.2 Å². The molecule has 2 aliphatic carbocycles. The van der Waals surface area contributed by atoms with Crippen molar-refractivity contribution >= 4 is 40.7 Å². The lowest BCUT2D eigenvalue weighted by molar-refractivity contribution is -0.195. The summed E-state index contributed by atoms with van der Waals surface area (Å²) >= 11 is 16.7. The third-order valence-electron chi connectivity index (χ3n) is 4.84. The van der Waals surface area contributed by atoms with Gasteiger partial charge in [-0.05, 0) is 12.8 Å².